The van der Waals surface area contributed by atoms with Crippen LogP contribution in [-0.2, 0) is 11.8 Å². The number of hydrogen-bond donors (Lipinski definition) is 0. The number of carbonyl (C=O) groups excluding carboxylic acids is 1. The Hall–Kier alpha value is -3.28. The van der Waals surface area contributed by atoms with Crippen molar-refractivity contribution in [3.63, 3.8) is 0 Å². The maximum atomic E-state index is 12.6. The molecule has 0 amide bonds. The van der Waals surface area contributed by atoms with Crippen molar-refractivity contribution in [2.75, 3.05) is 6.61 Å². The van der Waals surface area contributed by atoms with Gasteiger partial charge in [-0.25, -0.2) is 9.97 Å². The number of fused-ring (bicyclic) bond motifs is 1. The minimum Gasteiger partial charge on any atom is -0.493 e. The van der Waals surface area contributed by atoms with E-state index in [0.29, 0.717) is 29.3 Å². The average Bonchev–Trinajstić information content (AvgIpc) is 3.29. The summed E-state index contributed by atoms with van der Waals surface area (Å²) in [7, 11) is 0. The SMILES string of the molecule is CCOc1cc2nc(C(C)(C)C#N)cn2cc1CC(=O)c1coc(C(F)F)n1. The first kappa shape index (κ1) is 19.5. The van der Waals surface area contributed by atoms with Gasteiger partial charge in [0.2, 0.25) is 0 Å². The van der Waals surface area contributed by atoms with E-state index in [1.54, 1.807) is 43.6 Å². The predicted molar refractivity (Wildman–Crippen MR) is 94.5 cm³/mol. The van der Waals surface area contributed by atoms with Gasteiger partial charge in [0.25, 0.3) is 5.89 Å². The van der Waals surface area contributed by atoms with Crippen molar-refractivity contribution in [1.82, 2.24) is 14.4 Å². The molecular weight excluding hydrogens is 370 g/mol. The molecule has 0 spiro atoms. The Morgan fingerprint density at radius 1 is 1.39 bits per heavy atom. The van der Waals surface area contributed by atoms with Gasteiger partial charge in [0, 0.05) is 30.4 Å². The van der Waals surface area contributed by atoms with Crippen LogP contribution in [0.5, 0.6) is 5.75 Å². The molecule has 146 valence electrons. The van der Waals surface area contributed by atoms with Crippen LogP contribution in [-0.4, -0.2) is 26.8 Å². The fourth-order valence-corrected chi connectivity index (χ4v) is 2.62. The molecule has 0 bridgehead atoms. The fraction of sp³-hybridized carbons (Fsp3) is 0.368. The molecule has 0 atom stereocenters. The van der Waals surface area contributed by atoms with Crippen LogP contribution in [0.3, 0.4) is 0 Å². The van der Waals surface area contributed by atoms with E-state index in [-0.39, 0.29) is 12.1 Å². The van der Waals surface area contributed by atoms with Crippen LogP contribution in [0.25, 0.3) is 5.65 Å². The number of hydrogen-bond acceptors (Lipinski definition) is 6. The molecule has 0 fully saturated rings. The lowest BCUT2D eigenvalue weighted by atomic mass is 9.92. The van der Waals surface area contributed by atoms with Crippen molar-refractivity contribution in [3.05, 3.63) is 47.6 Å². The van der Waals surface area contributed by atoms with Crippen LogP contribution < -0.4 is 4.74 Å². The van der Waals surface area contributed by atoms with Crippen molar-refractivity contribution in [2.45, 2.75) is 39.0 Å². The maximum absolute atomic E-state index is 12.6. The molecule has 0 radical (unpaired) electrons. The van der Waals surface area contributed by atoms with Crippen LogP contribution >= 0.6 is 0 Å². The van der Waals surface area contributed by atoms with Gasteiger partial charge in [0.15, 0.2) is 5.78 Å². The molecule has 3 heterocycles. The van der Waals surface area contributed by atoms with Gasteiger partial charge in [-0.1, -0.05) is 0 Å². The summed E-state index contributed by atoms with van der Waals surface area (Å²) in [5.41, 5.74) is 0.744. The summed E-state index contributed by atoms with van der Waals surface area (Å²) in [5, 5.41) is 9.31. The predicted octanol–water partition coefficient (Wildman–Crippen LogP) is 3.89. The zero-order valence-corrected chi connectivity index (χ0v) is 15.6. The van der Waals surface area contributed by atoms with Gasteiger partial charge in [0.1, 0.15) is 23.4 Å². The van der Waals surface area contributed by atoms with Gasteiger partial charge in [0.05, 0.1) is 23.8 Å². The molecule has 0 saturated carbocycles. The molecule has 0 aliphatic heterocycles. The lowest BCUT2D eigenvalue weighted by Crippen LogP contribution is -2.14. The van der Waals surface area contributed by atoms with E-state index in [2.05, 4.69) is 20.5 Å². The van der Waals surface area contributed by atoms with Gasteiger partial charge < -0.3 is 13.6 Å². The van der Waals surface area contributed by atoms with Gasteiger partial charge >= 0.3 is 6.43 Å². The van der Waals surface area contributed by atoms with Crippen molar-refractivity contribution in [3.8, 4) is 11.8 Å². The highest BCUT2D eigenvalue weighted by atomic mass is 19.3. The van der Waals surface area contributed by atoms with Crippen LogP contribution in [0.1, 0.15) is 54.8 Å². The zero-order valence-electron chi connectivity index (χ0n) is 15.6. The third kappa shape index (κ3) is 3.71. The van der Waals surface area contributed by atoms with E-state index >= 15 is 0 Å². The number of halogens is 2. The number of aromatic nitrogens is 3. The first-order chi connectivity index (χ1) is 13.2. The molecule has 3 rings (SSSR count). The monoisotopic (exact) mass is 388 g/mol. The van der Waals surface area contributed by atoms with E-state index in [1.165, 1.54) is 0 Å². The first-order valence-electron chi connectivity index (χ1n) is 8.58. The smallest absolute Gasteiger partial charge is 0.313 e. The largest absolute Gasteiger partial charge is 0.493 e. The molecule has 0 unspecified atom stereocenters. The average molecular weight is 388 g/mol. The number of rotatable bonds is 7. The van der Waals surface area contributed by atoms with Gasteiger partial charge in [-0.3, -0.25) is 4.79 Å². The number of nitrogens with zero attached hydrogens (tertiary/aromatic N) is 4. The number of ketones is 1. The summed E-state index contributed by atoms with van der Waals surface area (Å²) in [5.74, 6) is -0.816. The van der Waals surface area contributed by atoms with Crippen molar-refractivity contribution in [2.24, 2.45) is 0 Å². The highest BCUT2D eigenvalue weighted by Crippen LogP contribution is 2.27. The Balaban J connectivity index is 1.97. The van der Waals surface area contributed by atoms with E-state index in [4.69, 9.17) is 4.74 Å². The lowest BCUT2D eigenvalue weighted by Gasteiger charge is -2.10. The zero-order chi connectivity index (χ0) is 20.5. The number of nitriles is 1. The number of oxazole rings is 1. The first-order valence-corrected chi connectivity index (χ1v) is 8.58. The van der Waals surface area contributed by atoms with E-state index < -0.39 is 23.5 Å². The maximum Gasteiger partial charge on any atom is 0.313 e. The second-order valence-electron chi connectivity index (χ2n) is 6.70. The van der Waals surface area contributed by atoms with Crippen LogP contribution in [0.4, 0.5) is 8.78 Å². The Morgan fingerprint density at radius 2 is 2.14 bits per heavy atom. The summed E-state index contributed by atoms with van der Waals surface area (Å²) >= 11 is 0. The second kappa shape index (κ2) is 7.38. The molecule has 0 saturated heterocycles. The minimum atomic E-state index is -2.88. The third-order valence-electron chi connectivity index (χ3n) is 4.20. The molecule has 3 aromatic heterocycles. The third-order valence-corrected chi connectivity index (χ3v) is 4.20. The van der Waals surface area contributed by atoms with Gasteiger partial charge in [-0.15, -0.1) is 0 Å². The Morgan fingerprint density at radius 3 is 2.75 bits per heavy atom. The van der Waals surface area contributed by atoms with Crippen molar-refractivity contribution < 1.29 is 22.7 Å². The number of alkyl halides is 2. The molecule has 0 aliphatic carbocycles. The topological polar surface area (TPSA) is 93.4 Å². The Bertz CT molecular complexity index is 1060. The molecule has 0 N–H and O–H groups in total. The molecule has 0 aliphatic rings. The fourth-order valence-electron chi connectivity index (χ4n) is 2.62. The van der Waals surface area contributed by atoms with Crippen molar-refractivity contribution >= 4 is 11.4 Å². The standard InChI is InChI=1S/C19H18F2N4O3/c1-4-27-14-6-16-24-15(19(2,3)10-22)8-25(16)7-11(14)5-13(26)12-9-28-18(23-12)17(20)21/h6-9,17H,4-5H2,1-3H3. The van der Waals surface area contributed by atoms with Crippen molar-refractivity contribution in [1.29, 1.82) is 5.26 Å². The quantitative estimate of drug-likeness (QED) is 0.570. The summed E-state index contributed by atoms with van der Waals surface area (Å²) in [6, 6.07) is 3.87. The van der Waals surface area contributed by atoms with E-state index in [1.807, 2.05) is 0 Å². The molecule has 28 heavy (non-hydrogen) atoms. The van der Waals surface area contributed by atoms with E-state index in [9.17, 15) is 18.8 Å². The minimum absolute atomic E-state index is 0.115. The Kier molecular flexibility index (Phi) is 5.14. The lowest BCUT2D eigenvalue weighted by molar-refractivity contribution is 0.0986. The second-order valence-corrected chi connectivity index (χ2v) is 6.70. The van der Waals surface area contributed by atoms with E-state index in [0.717, 1.165) is 6.26 Å². The highest BCUT2D eigenvalue weighted by Gasteiger charge is 2.24. The molecule has 0 aromatic carbocycles. The summed E-state index contributed by atoms with van der Waals surface area (Å²) < 4.78 is 37.2. The van der Waals surface area contributed by atoms with Crippen LogP contribution in [0, 0.1) is 11.3 Å². The van der Waals surface area contributed by atoms with Gasteiger partial charge in [-0.2, -0.15) is 14.0 Å². The number of carbonyl (C=O) groups is 1. The van der Waals surface area contributed by atoms with Gasteiger partial charge in [-0.05, 0) is 20.8 Å². The molecular formula is C19H18F2N4O3. The summed E-state index contributed by atoms with van der Waals surface area (Å²) in [6.07, 6.45) is 1.32. The Labute approximate surface area is 159 Å². The highest BCUT2D eigenvalue weighted by molar-refractivity contribution is 5.95. The summed E-state index contributed by atoms with van der Waals surface area (Å²) in [6.45, 7) is 5.69. The number of ether oxygens (including phenoxy) is 1. The van der Waals surface area contributed by atoms with Crippen LogP contribution in [0.15, 0.2) is 29.1 Å². The van der Waals surface area contributed by atoms with Crippen LogP contribution in [0.2, 0.25) is 0 Å². The normalized spacial score (nSPS) is 11.8. The molecule has 7 nitrogen and oxygen atoms in total. The summed E-state index contributed by atoms with van der Waals surface area (Å²) in [4.78, 5) is 20.5. The number of pyridine rings is 1. The number of imidazole rings is 1. The molecule has 3 aromatic rings. The molecule has 9 heteroatoms. The number of Topliss-reactive ketones (excluding diaryl/α,β-unsaturated/α-hetero) is 1.